The Kier molecular flexibility index (Phi) is 3.20. The van der Waals surface area contributed by atoms with Crippen LogP contribution in [0, 0.1) is 20.8 Å². The lowest BCUT2D eigenvalue weighted by Gasteiger charge is -2.13. The van der Waals surface area contributed by atoms with E-state index in [0.717, 1.165) is 22.9 Å². The molecule has 1 heterocycles. The van der Waals surface area contributed by atoms with Crippen LogP contribution in [-0.2, 0) is 0 Å². The third-order valence-corrected chi connectivity index (χ3v) is 4.12. The monoisotopic (exact) mass is 267 g/mol. The van der Waals surface area contributed by atoms with Crippen LogP contribution in [0.4, 0.5) is 5.82 Å². The van der Waals surface area contributed by atoms with Gasteiger partial charge in [-0.15, -0.1) is 0 Å². The number of aromatic nitrogens is 2. The van der Waals surface area contributed by atoms with Crippen molar-refractivity contribution in [2.75, 3.05) is 12.4 Å². The Bertz CT molecular complexity index is 658. The summed E-state index contributed by atoms with van der Waals surface area (Å²) in [6, 6.07) is 6.55. The van der Waals surface area contributed by atoms with Crippen LogP contribution in [0.3, 0.4) is 0 Å². The Morgan fingerprint density at radius 2 is 1.80 bits per heavy atom. The van der Waals surface area contributed by atoms with E-state index in [1.807, 2.05) is 7.05 Å². The predicted molar refractivity (Wildman–Crippen MR) is 83.2 cm³/mol. The molecule has 1 N–H and O–H groups in total. The van der Waals surface area contributed by atoms with Gasteiger partial charge in [-0.1, -0.05) is 12.1 Å². The first kappa shape index (κ1) is 13.1. The second-order valence-corrected chi connectivity index (χ2v) is 5.73. The van der Waals surface area contributed by atoms with Crippen molar-refractivity contribution in [3.8, 4) is 11.3 Å². The lowest BCUT2D eigenvalue weighted by molar-refractivity contribution is 0.923. The summed E-state index contributed by atoms with van der Waals surface area (Å²) in [5.41, 5.74) is 6.00. The summed E-state index contributed by atoms with van der Waals surface area (Å²) in [6.45, 7) is 6.38. The van der Waals surface area contributed by atoms with Gasteiger partial charge in [0.15, 0.2) is 0 Å². The van der Waals surface area contributed by atoms with Crippen LogP contribution in [-0.4, -0.2) is 17.0 Å². The number of benzene rings is 1. The third-order valence-electron chi connectivity index (χ3n) is 4.12. The summed E-state index contributed by atoms with van der Waals surface area (Å²) in [6.07, 6.45) is 2.44. The van der Waals surface area contributed by atoms with E-state index < -0.39 is 0 Å². The van der Waals surface area contributed by atoms with Gasteiger partial charge in [0.2, 0.25) is 0 Å². The fourth-order valence-corrected chi connectivity index (χ4v) is 2.47. The van der Waals surface area contributed by atoms with Crippen molar-refractivity contribution in [1.82, 2.24) is 9.97 Å². The number of rotatable bonds is 3. The van der Waals surface area contributed by atoms with Crippen LogP contribution in [0.2, 0.25) is 0 Å². The molecule has 3 rings (SSSR count). The minimum Gasteiger partial charge on any atom is -0.373 e. The van der Waals surface area contributed by atoms with Crippen LogP contribution >= 0.6 is 0 Å². The quantitative estimate of drug-likeness (QED) is 0.913. The molecule has 0 spiro atoms. The van der Waals surface area contributed by atoms with E-state index in [1.54, 1.807) is 0 Å². The van der Waals surface area contributed by atoms with Gasteiger partial charge >= 0.3 is 0 Å². The molecule has 0 atom stereocenters. The van der Waals surface area contributed by atoms with Crippen molar-refractivity contribution in [3.63, 3.8) is 0 Å². The Balaban J connectivity index is 2.15. The second kappa shape index (κ2) is 4.89. The van der Waals surface area contributed by atoms with Crippen molar-refractivity contribution in [3.05, 3.63) is 40.7 Å². The van der Waals surface area contributed by atoms with Crippen LogP contribution < -0.4 is 5.32 Å². The molecule has 1 fully saturated rings. The fraction of sp³-hybridized carbons (Fsp3) is 0.412. The van der Waals surface area contributed by atoms with Crippen molar-refractivity contribution < 1.29 is 0 Å². The highest BCUT2D eigenvalue weighted by molar-refractivity contribution is 5.69. The number of nitrogens with zero attached hydrogens (tertiary/aromatic N) is 2. The van der Waals surface area contributed by atoms with Crippen molar-refractivity contribution in [2.24, 2.45) is 0 Å². The first-order valence-corrected chi connectivity index (χ1v) is 7.24. The molecule has 1 aromatic heterocycles. The maximum Gasteiger partial charge on any atom is 0.134 e. The molecule has 3 nitrogen and oxygen atoms in total. The first-order chi connectivity index (χ1) is 9.60. The Hall–Kier alpha value is -1.90. The van der Waals surface area contributed by atoms with E-state index in [4.69, 9.17) is 4.98 Å². The molecule has 0 amide bonds. The topological polar surface area (TPSA) is 37.8 Å². The number of aryl methyl sites for hydroxylation is 2. The van der Waals surface area contributed by atoms with Gasteiger partial charge in [0.1, 0.15) is 11.6 Å². The largest absolute Gasteiger partial charge is 0.373 e. The minimum atomic E-state index is 0.563. The van der Waals surface area contributed by atoms with Gasteiger partial charge < -0.3 is 5.32 Å². The van der Waals surface area contributed by atoms with Crippen LogP contribution in [0.1, 0.15) is 41.3 Å². The molecular weight excluding hydrogens is 246 g/mol. The molecule has 1 aliphatic carbocycles. The zero-order valence-electron chi connectivity index (χ0n) is 12.6. The molecule has 0 aliphatic heterocycles. The summed E-state index contributed by atoms with van der Waals surface area (Å²) < 4.78 is 0. The van der Waals surface area contributed by atoms with Crippen molar-refractivity contribution >= 4 is 5.82 Å². The van der Waals surface area contributed by atoms with Crippen molar-refractivity contribution in [2.45, 2.75) is 39.5 Å². The lowest BCUT2D eigenvalue weighted by atomic mass is 10.0. The third kappa shape index (κ3) is 2.28. The summed E-state index contributed by atoms with van der Waals surface area (Å²) in [7, 11) is 1.93. The zero-order valence-corrected chi connectivity index (χ0v) is 12.6. The maximum atomic E-state index is 4.83. The molecule has 0 saturated heterocycles. The number of hydrogen-bond donors (Lipinski definition) is 1. The number of nitrogens with one attached hydrogen (secondary N) is 1. The van der Waals surface area contributed by atoms with E-state index in [2.05, 4.69) is 49.3 Å². The van der Waals surface area contributed by atoms with E-state index in [9.17, 15) is 0 Å². The fourth-order valence-electron chi connectivity index (χ4n) is 2.47. The standard InChI is InChI=1S/C17H21N3/c1-10-5-6-14(9-11(10)2)15-12(3)16(18-4)20-17(19-15)13-7-8-13/h5-6,9,13H,7-8H2,1-4H3,(H,18,19,20). The van der Waals surface area contributed by atoms with E-state index >= 15 is 0 Å². The SMILES string of the molecule is CNc1nc(C2CC2)nc(-c2ccc(C)c(C)c2)c1C. The molecule has 0 bridgehead atoms. The second-order valence-electron chi connectivity index (χ2n) is 5.73. The van der Waals surface area contributed by atoms with Gasteiger partial charge in [0.05, 0.1) is 5.69 Å². The van der Waals surface area contributed by atoms with Gasteiger partial charge in [0.25, 0.3) is 0 Å². The van der Waals surface area contributed by atoms with E-state index in [1.165, 1.54) is 29.5 Å². The molecule has 2 aromatic rings. The van der Waals surface area contributed by atoms with Crippen molar-refractivity contribution in [1.29, 1.82) is 0 Å². The van der Waals surface area contributed by atoms with E-state index in [0.29, 0.717) is 5.92 Å². The van der Waals surface area contributed by atoms with Crippen LogP contribution in [0.15, 0.2) is 18.2 Å². The molecule has 1 aromatic carbocycles. The summed E-state index contributed by atoms with van der Waals surface area (Å²) in [4.78, 5) is 9.49. The summed E-state index contributed by atoms with van der Waals surface area (Å²) in [5, 5.41) is 3.20. The molecular formula is C17H21N3. The Morgan fingerprint density at radius 3 is 2.40 bits per heavy atom. The molecule has 104 valence electrons. The molecule has 0 unspecified atom stereocenters. The molecule has 0 radical (unpaired) electrons. The van der Waals surface area contributed by atoms with Gasteiger partial charge in [-0.05, 0) is 50.8 Å². The highest BCUT2D eigenvalue weighted by atomic mass is 15.0. The summed E-state index contributed by atoms with van der Waals surface area (Å²) >= 11 is 0. The average molecular weight is 267 g/mol. The smallest absolute Gasteiger partial charge is 0.134 e. The van der Waals surface area contributed by atoms with Gasteiger partial charge in [-0.25, -0.2) is 9.97 Å². The Morgan fingerprint density at radius 1 is 1.05 bits per heavy atom. The Labute approximate surface area is 120 Å². The maximum absolute atomic E-state index is 4.83. The molecule has 3 heteroatoms. The number of hydrogen-bond acceptors (Lipinski definition) is 3. The van der Waals surface area contributed by atoms with Gasteiger partial charge in [-0.3, -0.25) is 0 Å². The summed E-state index contributed by atoms with van der Waals surface area (Å²) in [5.74, 6) is 2.51. The zero-order chi connectivity index (χ0) is 14.3. The molecule has 1 saturated carbocycles. The normalized spacial score (nSPS) is 14.4. The van der Waals surface area contributed by atoms with E-state index in [-0.39, 0.29) is 0 Å². The van der Waals surface area contributed by atoms with Crippen LogP contribution in [0.25, 0.3) is 11.3 Å². The first-order valence-electron chi connectivity index (χ1n) is 7.24. The molecule has 1 aliphatic rings. The van der Waals surface area contributed by atoms with Crippen LogP contribution in [0.5, 0.6) is 0 Å². The average Bonchev–Trinajstić information content (AvgIpc) is 3.27. The highest BCUT2D eigenvalue weighted by Gasteiger charge is 2.28. The van der Waals surface area contributed by atoms with Gasteiger partial charge in [-0.2, -0.15) is 0 Å². The van der Waals surface area contributed by atoms with Gasteiger partial charge in [0, 0.05) is 24.1 Å². The highest BCUT2D eigenvalue weighted by Crippen LogP contribution is 2.40. The predicted octanol–water partition coefficient (Wildman–Crippen LogP) is 3.99. The minimum absolute atomic E-state index is 0.563. The lowest BCUT2D eigenvalue weighted by Crippen LogP contribution is -2.04. The molecule has 20 heavy (non-hydrogen) atoms. The number of anilines is 1.